The van der Waals surface area contributed by atoms with Gasteiger partial charge in [-0.05, 0) is 57.2 Å². The van der Waals surface area contributed by atoms with Crippen LogP contribution in [0.25, 0.3) is 0 Å². The SMILES string of the molecule is CCNC(=NCC1CCCOC1c1ccc(C)cc1)NC1CCN(c2ccccn2)CC1. The van der Waals surface area contributed by atoms with Crippen molar-refractivity contribution in [1.29, 1.82) is 0 Å². The normalized spacial score (nSPS) is 22.6. The molecule has 1 aromatic heterocycles. The van der Waals surface area contributed by atoms with Crippen molar-refractivity contribution in [3.05, 3.63) is 59.8 Å². The van der Waals surface area contributed by atoms with Gasteiger partial charge in [0.25, 0.3) is 0 Å². The molecule has 2 saturated heterocycles. The highest BCUT2D eigenvalue weighted by atomic mass is 16.5. The van der Waals surface area contributed by atoms with Crippen LogP contribution in [0.4, 0.5) is 5.82 Å². The minimum Gasteiger partial charge on any atom is -0.373 e. The Balaban J connectivity index is 1.34. The van der Waals surface area contributed by atoms with Crippen molar-refractivity contribution in [1.82, 2.24) is 15.6 Å². The van der Waals surface area contributed by atoms with E-state index >= 15 is 0 Å². The van der Waals surface area contributed by atoms with Crippen LogP contribution in [0, 0.1) is 12.8 Å². The number of nitrogens with zero attached hydrogens (tertiary/aromatic N) is 3. The van der Waals surface area contributed by atoms with Crippen LogP contribution in [-0.4, -0.2) is 49.8 Å². The van der Waals surface area contributed by atoms with Crippen LogP contribution < -0.4 is 15.5 Å². The van der Waals surface area contributed by atoms with E-state index in [0.717, 1.165) is 70.2 Å². The summed E-state index contributed by atoms with van der Waals surface area (Å²) in [7, 11) is 0. The molecule has 2 atom stereocenters. The Morgan fingerprint density at radius 3 is 2.66 bits per heavy atom. The summed E-state index contributed by atoms with van der Waals surface area (Å²) < 4.78 is 6.19. The van der Waals surface area contributed by atoms with E-state index in [-0.39, 0.29) is 6.10 Å². The fourth-order valence-electron chi connectivity index (χ4n) is 4.67. The molecule has 3 heterocycles. The third-order valence-electron chi connectivity index (χ3n) is 6.49. The van der Waals surface area contributed by atoms with Crippen LogP contribution in [0.3, 0.4) is 0 Å². The van der Waals surface area contributed by atoms with Crippen LogP contribution >= 0.6 is 0 Å². The third kappa shape index (κ3) is 6.00. The highest BCUT2D eigenvalue weighted by Gasteiger charge is 2.27. The molecule has 172 valence electrons. The van der Waals surface area contributed by atoms with Gasteiger partial charge in [-0.15, -0.1) is 0 Å². The van der Waals surface area contributed by atoms with Crippen LogP contribution in [0.5, 0.6) is 0 Å². The predicted octanol–water partition coefficient (Wildman–Crippen LogP) is 4.08. The minimum atomic E-state index is 0.137. The van der Waals surface area contributed by atoms with Gasteiger partial charge in [-0.3, -0.25) is 4.99 Å². The molecule has 2 N–H and O–H groups in total. The zero-order chi connectivity index (χ0) is 22.2. The van der Waals surface area contributed by atoms with Crippen molar-refractivity contribution in [3.8, 4) is 0 Å². The Hall–Kier alpha value is -2.60. The highest BCUT2D eigenvalue weighted by molar-refractivity contribution is 5.80. The van der Waals surface area contributed by atoms with Gasteiger partial charge in [0.2, 0.25) is 0 Å². The molecule has 0 saturated carbocycles. The monoisotopic (exact) mass is 435 g/mol. The zero-order valence-corrected chi connectivity index (χ0v) is 19.5. The Kier molecular flexibility index (Phi) is 7.99. The van der Waals surface area contributed by atoms with E-state index in [2.05, 4.69) is 70.8 Å². The molecular weight excluding hydrogens is 398 g/mol. The summed E-state index contributed by atoms with van der Waals surface area (Å²) in [6.45, 7) is 8.76. The predicted molar refractivity (Wildman–Crippen MR) is 131 cm³/mol. The van der Waals surface area contributed by atoms with Crippen molar-refractivity contribution in [3.63, 3.8) is 0 Å². The summed E-state index contributed by atoms with van der Waals surface area (Å²) in [4.78, 5) is 11.9. The van der Waals surface area contributed by atoms with E-state index in [1.165, 1.54) is 11.1 Å². The smallest absolute Gasteiger partial charge is 0.191 e. The van der Waals surface area contributed by atoms with Gasteiger partial charge >= 0.3 is 0 Å². The molecule has 2 aromatic rings. The number of aliphatic imine (C=N–C) groups is 1. The summed E-state index contributed by atoms with van der Waals surface area (Å²) in [6, 6.07) is 15.3. The van der Waals surface area contributed by atoms with Crippen LogP contribution in [-0.2, 0) is 4.74 Å². The van der Waals surface area contributed by atoms with E-state index in [1.807, 2.05) is 12.3 Å². The van der Waals surface area contributed by atoms with Gasteiger partial charge in [0.1, 0.15) is 5.82 Å². The first kappa shape index (κ1) is 22.6. The van der Waals surface area contributed by atoms with E-state index in [9.17, 15) is 0 Å². The summed E-state index contributed by atoms with van der Waals surface area (Å²) >= 11 is 0. The first-order valence-corrected chi connectivity index (χ1v) is 12.1. The third-order valence-corrected chi connectivity index (χ3v) is 6.49. The average molecular weight is 436 g/mol. The second kappa shape index (κ2) is 11.3. The van der Waals surface area contributed by atoms with Gasteiger partial charge in [0.05, 0.1) is 6.10 Å². The molecule has 32 heavy (non-hydrogen) atoms. The molecule has 0 aliphatic carbocycles. The molecule has 0 amide bonds. The van der Waals surface area contributed by atoms with Gasteiger partial charge in [-0.2, -0.15) is 0 Å². The number of guanidine groups is 1. The van der Waals surface area contributed by atoms with Crippen LogP contribution in [0.2, 0.25) is 0 Å². The number of rotatable bonds is 6. The number of nitrogens with one attached hydrogen (secondary N) is 2. The van der Waals surface area contributed by atoms with E-state index in [1.54, 1.807) is 0 Å². The number of hydrogen-bond donors (Lipinski definition) is 2. The standard InChI is InChI=1S/C26H37N5O/c1-3-27-26(30-23-13-16-31(17-14-23)24-8-4-5-15-28-24)29-19-22-7-6-18-32-25(22)21-11-9-20(2)10-12-21/h4-5,8-12,15,22-23,25H,3,6-7,13-14,16-19H2,1-2H3,(H2,27,29,30). The molecule has 6 heteroatoms. The minimum absolute atomic E-state index is 0.137. The Bertz CT molecular complexity index is 846. The Labute approximate surface area is 192 Å². The number of pyridine rings is 1. The summed E-state index contributed by atoms with van der Waals surface area (Å²) in [5.74, 6) is 2.41. The Morgan fingerprint density at radius 1 is 1.12 bits per heavy atom. The van der Waals surface area contributed by atoms with E-state index in [4.69, 9.17) is 9.73 Å². The quantitative estimate of drug-likeness (QED) is 0.529. The molecule has 0 radical (unpaired) electrons. The van der Waals surface area contributed by atoms with Crippen molar-refractivity contribution >= 4 is 11.8 Å². The molecule has 2 aliphatic heterocycles. The maximum atomic E-state index is 6.19. The second-order valence-corrected chi connectivity index (χ2v) is 8.92. The molecule has 6 nitrogen and oxygen atoms in total. The summed E-state index contributed by atoms with van der Waals surface area (Å²) in [5.41, 5.74) is 2.56. The van der Waals surface area contributed by atoms with Crippen molar-refractivity contribution in [2.24, 2.45) is 10.9 Å². The number of anilines is 1. The van der Waals surface area contributed by atoms with Crippen LogP contribution in [0.15, 0.2) is 53.7 Å². The van der Waals surface area contributed by atoms with E-state index < -0.39 is 0 Å². The average Bonchev–Trinajstić information content (AvgIpc) is 2.84. The van der Waals surface area contributed by atoms with Gasteiger partial charge in [0.15, 0.2) is 5.96 Å². The molecular formula is C26H37N5O. The summed E-state index contributed by atoms with van der Waals surface area (Å²) in [6.07, 6.45) is 6.44. The van der Waals surface area contributed by atoms with Gasteiger partial charge in [-0.25, -0.2) is 4.98 Å². The number of aromatic nitrogens is 1. The van der Waals surface area contributed by atoms with E-state index in [0.29, 0.717) is 12.0 Å². The van der Waals surface area contributed by atoms with Crippen LogP contribution in [0.1, 0.15) is 49.8 Å². The lowest BCUT2D eigenvalue weighted by molar-refractivity contribution is -0.0250. The molecule has 0 bridgehead atoms. The summed E-state index contributed by atoms with van der Waals surface area (Å²) in [5, 5.41) is 7.13. The largest absolute Gasteiger partial charge is 0.373 e. The molecule has 2 aliphatic rings. The van der Waals surface area contributed by atoms with Gasteiger partial charge < -0.3 is 20.3 Å². The van der Waals surface area contributed by atoms with Gasteiger partial charge in [0, 0.05) is 50.9 Å². The topological polar surface area (TPSA) is 61.8 Å². The molecule has 2 fully saturated rings. The maximum Gasteiger partial charge on any atom is 0.191 e. The lowest BCUT2D eigenvalue weighted by atomic mass is 9.89. The number of piperidine rings is 1. The van der Waals surface area contributed by atoms with Crippen molar-refractivity contribution in [2.45, 2.75) is 51.7 Å². The number of benzene rings is 1. The zero-order valence-electron chi connectivity index (χ0n) is 19.5. The number of ether oxygens (including phenoxy) is 1. The van der Waals surface area contributed by atoms with Crippen molar-refractivity contribution in [2.75, 3.05) is 37.7 Å². The molecule has 1 aromatic carbocycles. The molecule has 4 rings (SSSR count). The fraction of sp³-hybridized carbons (Fsp3) is 0.538. The maximum absolute atomic E-state index is 6.19. The first-order valence-electron chi connectivity index (χ1n) is 12.1. The Morgan fingerprint density at radius 2 is 1.94 bits per heavy atom. The van der Waals surface area contributed by atoms with Gasteiger partial charge in [-0.1, -0.05) is 35.9 Å². The number of hydrogen-bond acceptors (Lipinski definition) is 4. The second-order valence-electron chi connectivity index (χ2n) is 8.92. The lowest BCUT2D eigenvalue weighted by Crippen LogP contribution is -2.49. The van der Waals surface area contributed by atoms with Crippen molar-refractivity contribution < 1.29 is 4.74 Å². The lowest BCUT2D eigenvalue weighted by Gasteiger charge is -2.34. The molecule has 2 unspecified atom stereocenters. The molecule has 0 spiro atoms. The highest BCUT2D eigenvalue weighted by Crippen LogP contribution is 2.34. The first-order chi connectivity index (χ1) is 15.7. The number of aryl methyl sites for hydroxylation is 1. The fourth-order valence-corrected chi connectivity index (χ4v) is 4.67.